The molecule has 256 valence electrons. The molecule has 0 spiro atoms. The molecule has 0 saturated heterocycles. The third kappa shape index (κ3) is 10.4. The third-order valence-electron chi connectivity index (χ3n) is 8.94. The molecular weight excluding hydrogens is 693 g/mol. The topological polar surface area (TPSA) is 25.8 Å². The Labute approximate surface area is 313 Å². The molecule has 5 heterocycles. The summed E-state index contributed by atoms with van der Waals surface area (Å²) in [4.78, 5) is 10.7. The number of aryl methyl sites for hydroxylation is 2. The average molecular weight is 741 g/mol. The lowest BCUT2D eigenvalue weighted by molar-refractivity contribution is 0.609. The molecule has 0 bridgehead atoms. The van der Waals surface area contributed by atoms with Crippen molar-refractivity contribution in [3.05, 3.63) is 89.9 Å². The Hall–Kier alpha value is -2.68. The van der Waals surface area contributed by atoms with Gasteiger partial charge >= 0.3 is 0 Å². The molecule has 0 aliphatic heterocycles. The maximum Gasteiger partial charge on any atom is 0.114 e. The van der Waals surface area contributed by atoms with E-state index in [1.54, 1.807) is 0 Å². The van der Waals surface area contributed by atoms with Crippen molar-refractivity contribution in [3.63, 3.8) is 0 Å². The van der Waals surface area contributed by atoms with Crippen LogP contribution in [0.4, 0.5) is 0 Å². The van der Waals surface area contributed by atoms with Crippen molar-refractivity contribution in [2.75, 3.05) is 0 Å². The summed E-state index contributed by atoms with van der Waals surface area (Å²) in [6, 6.07) is 22.5. The van der Waals surface area contributed by atoms with E-state index in [1.807, 2.05) is 45.3 Å². The molecular formula is C42H48N2S5. The Morgan fingerprint density at radius 1 is 0.429 bits per heavy atom. The van der Waals surface area contributed by atoms with Crippen LogP contribution in [0.2, 0.25) is 0 Å². The first-order valence-corrected chi connectivity index (χ1v) is 22.2. The summed E-state index contributed by atoms with van der Waals surface area (Å²) in [7, 11) is 0. The molecule has 0 atom stereocenters. The number of benzene rings is 1. The summed E-state index contributed by atoms with van der Waals surface area (Å²) in [5.74, 6) is 0. The van der Waals surface area contributed by atoms with Gasteiger partial charge in [-0.15, -0.1) is 45.3 Å². The van der Waals surface area contributed by atoms with E-state index >= 15 is 0 Å². The smallest absolute Gasteiger partial charge is 0.114 e. The quantitative estimate of drug-likeness (QED) is 0.0728. The lowest BCUT2D eigenvalue weighted by atomic mass is 10.1. The highest BCUT2D eigenvalue weighted by Gasteiger charge is 2.16. The minimum absolute atomic E-state index is 0.999. The molecule has 0 aliphatic rings. The molecule has 0 unspecified atom stereocenters. The number of unbranched alkanes of at least 4 members (excludes halogenated alkanes) is 10. The second kappa shape index (κ2) is 19.1. The lowest BCUT2D eigenvalue weighted by Gasteiger charge is -2.03. The van der Waals surface area contributed by atoms with Gasteiger partial charge in [0.25, 0.3) is 0 Å². The molecule has 7 heteroatoms. The zero-order valence-corrected chi connectivity index (χ0v) is 33.0. The van der Waals surface area contributed by atoms with Crippen molar-refractivity contribution >= 4 is 92.4 Å². The third-order valence-corrected chi connectivity index (χ3v) is 13.9. The van der Waals surface area contributed by atoms with Crippen LogP contribution in [0.5, 0.6) is 0 Å². The van der Waals surface area contributed by atoms with E-state index in [0.717, 1.165) is 11.0 Å². The molecule has 2 nitrogen and oxygen atoms in total. The van der Waals surface area contributed by atoms with E-state index in [4.69, 9.17) is 8.75 Å². The molecule has 6 rings (SSSR count). The highest BCUT2D eigenvalue weighted by Crippen LogP contribution is 2.40. The standard InChI is InChI=1S/C42H48N2S5/c1-3-5-7-9-11-13-15-31-17-19-33(45-31)21-23-35-25-29-39(47-35)37-27-28-38(42-41(37)43-49-44-42)40-30-26-36(48-40)24-22-34-20-18-32(46-34)16-14-12-10-8-6-4-2/h17-30H,3-16H2,1-2H3/b23-21+,24-22+. The van der Waals surface area contributed by atoms with Gasteiger partial charge in [0.15, 0.2) is 0 Å². The average Bonchev–Trinajstić information content (AvgIpc) is 3.97. The number of thiophene rings is 4. The van der Waals surface area contributed by atoms with Crippen molar-refractivity contribution in [2.24, 2.45) is 0 Å². The Morgan fingerprint density at radius 3 is 1.27 bits per heavy atom. The first-order chi connectivity index (χ1) is 24.2. The van der Waals surface area contributed by atoms with Crippen LogP contribution in [0.25, 0.3) is 56.2 Å². The summed E-state index contributed by atoms with van der Waals surface area (Å²) >= 11 is 8.82. The summed E-state index contributed by atoms with van der Waals surface area (Å²) in [5, 5.41) is 0. The Bertz CT molecular complexity index is 1790. The number of fused-ring (bicyclic) bond motifs is 1. The molecule has 0 amide bonds. The van der Waals surface area contributed by atoms with Gasteiger partial charge < -0.3 is 0 Å². The number of nitrogens with zero attached hydrogens (tertiary/aromatic N) is 2. The second-order valence-corrected chi connectivity index (χ2v) is 18.0. The SMILES string of the molecule is CCCCCCCCc1ccc(/C=C/c2ccc(-c3ccc(-c4ccc(/C=C/c5ccc(CCCCCCCC)s5)s4)c4nsnc34)s2)s1. The van der Waals surface area contributed by atoms with Crippen molar-refractivity contribution in [1.82, 2.24) is 8.75 Å². The van der Waals surface area contributed by atoms with E-state index < -0.39 is 0 Å². The van der Waals surface area contributed by atoms with E-state index in [2.05, 4.69) is 98.8 Å². The van der Waals surface area contributed by atoms with Crippen molar-refractivity contribution in [2.45, 2.75) is 104 Å². The molecule has 5 aromatic heterocycles. The van der Waals surface area contributed by atoms with Crippen molar-refractivity contribution in [1.29, 1.82) is 0 Å². The van der Waals surface area contributed by atoms with Crippen molar-refractivity contribution in [3.8, 4) is 20.9 Å². The molecule has 0 fully saturated rings. The Kier molecular flexibility index (Phi) is 14.1. The van der Waals surface area contributed by atoms with Crippen LogP contribution in [0, 0.1) is 0 Å². The molecule has 1 aromatic carbocycles. The Morgan fingerprint density at radius 2 is 0.816 bits per heavy atom. The minimum atomic E-state index is 0.999. The fraction of sp³-hybridized carbons (Fsp3) is 0.381. The zero-order chi connectivity index (χ0) is 33.7. The van der Waals surface area contributed by atoms with Crippen LogP contribution in [0.3, 0.4) is 0 Å². The first kappa shape index (κ1) is 36.1. The van der Waals surface area contributed by atoms with Gasteiger partial charge in [0, 0.05) is 50.1 Å². The van der Waals surface area contributed by atoms with Gasteiger partial charge in [-0.1, -0.05) is 90.2 Å². The second-order valence-electron chi connectivity index (χ2n) is 12.8. The fourth-order valence-corrected chi connectivity index (χ4v) is 10.5. The van der Waals surface area contributed by atoms with E-state index in [9.17, 15) is 0 Å². The van der Waals surface area contributed by atoms with Crippen LogP contribution in [-0.4, -0.2) is 8.75 Å². The summed E-state index contributed by atoms with van der Waals surface area (Å²) in [6.07, 6.45) is 27.7. The molecule has 49 heavy (non-hydrogen) atoms. The minimum Gasteiger partial charge on any atom is -0.172 e. The van der Waals surface area contributed by atoms with Crippen LogP contribution in [0.15, 0.2) is 60.7 Å². The van der Waals surface area contributed by atoms with Gasteiger partial charge in [0.2, 0.25) is 0 Å². The molecule has 0 N–H and O–H groups in total. The first-order valence-electron chi connectivity index (χ1n) is 18.2. The molecule has 0 radical (unpaired) electrons. The van der Waals surface area contributed by atoms with Gasteiger partial charge in [0.05, 0.1) is 11.7 Å². The van der Waals surface area contributed by atoms with E-state index in [-0.39, 0.29) is 0 Å². The summed E-state index contributed by atoms with van der Waals surface area (Å²) in [6.45, 7) is 4.56. The summed E-state index contributed by atoms with van der Waals surface area (Å²) in [5.41, 5.74) is 4.33. The maximum absolute atomic E-state index is 4.77. The van der Waals surface area contributed by atoms with E-state index in [0.29, 0.717) is 0 Å². The predicted octanol–water partition coefficient (Wildman–Crippen LogP) is 15.4. The van der Waals surface area contributed by atoms with Crippen LogP contribution >= 0.6 is 57.1 Å². The monoisotopic (exact) mass is 740 g/mol. The van der Waals surface area contributed by atoms with Crippen LogP contribution in [0.1, 0.15) is 120 Å². The lowest BCUT2D eigenvalue weighted by Crippen LogP contribution is -1.82. The molecule has 6 aromatic rings. The van der Waals surface area contributed by atoms with Crippen LogP contribution in [-0.2, 0) is 12.8 Å². The number of hydrogen-bond donors (Lipinski definition) is 0. The number of rotatable bonds is 20. The van der Waals surface area contributed by atoms with Gasteiger partial charge in [0.1, 0.15) is 11.0 Å². The van der Waals surface area contributed by atoms with Gasteiger partial charge in [-0.3, -0.25) is 0 Å². The van der Waals surface area contributed by atoms with Gasteiger partial charge in [-0.2, -0.15) is 8.75 Å². The zero-order valence-electron chi connectivity index (χ0n) is 28.9. The number of hydrogen-bond acceptors (Lipinski definition) is 7. The molecule has 0 saturated carbocycles. The maximum atomic E-state index is 4.77. The highest BCUT2D eigenvalue weighted by atomic mass is 32.1. The Balaban J connectivity index is 1.05. The van der Waals surface area contributed by atoms with Crippen LogP contribution < -0.4 is 0 Å². The van der Waals surface area contributed by atoms with Gasteiger partial charge in [-0.05, 0) is 98.5 Å². The van der Waals surface area contributed by atoms with E-state index in [1.165, 1.54) is 152 Å². The molecule has 0 aliphatic carbocycles. The fourth-order valence-electron chi connectivity index (χ4n) is 6.16. The number of aromatic nitrogens is 2. The largest absolute Gasteiger partial charge is 0.172 e. The highest BCUT2D eigenvalue weighted by molar-refractivity contribution is 7.17. The summed E-state index contributed by atoms with van der Waals surface area (Å²) < 4.78 is 9.54. The normalized spacial score (nSPS) is 12.0. The van der Waals surface area contributed by atoms with Crippen molar-refractivity contribution < 1.29 is 0 Å². The predicted molar refractivity (Wildman–Crippen MR) is 225 cm³/mol. The van der Waals surface area contributed by atoms with Gasteiger partial charge in [-0.25, -0.2) is 0 Å².